The summed E-state index contributed by atoms with van der Waals surface area (Å²) < 4.78 is 30.0. The molecule has 1 aliphatic carbocycles. The van der Waals surface area contributed by atoms with Gasteiger partial charge in [-0.05, 0) is 141 Å². The summed E-state index contributed by atoms with van der Waals surface area (Å²) in [5.74, 6) is 1.94. The van der Waals surface area contributed by atoms with Gasteiger partial charge in [-0.15, -0.1) is 68.0 Å². The summed E-state index contributed by atoms with van der Waals surface area (Å²) in [7, 11) is 0. The molecule has 118 heavy (non-hydrogen) atoms. The minimum Gasteiger partial charge on any atom is -0.506 e. The molecule has 0 saturated carbocycles. The normalized spacial score (nSPS) is 13.8. The number of ether oxygens (including phenoxy) is 2. The fraction of sp³-hybridized carbons (Fsp3) is 0.500. The zero-order chi connectivity index (χ0) is 81.4. The van der Waals surface area contributed by atoms with Crippen molar-refractivity contribution < 1.29 is 24.0 Å². The minimum absolute atomic E-state index is 0.0768. The number of allylic oxidation sites excluding steroid dienone is 3. The Bertz CT molecular complexity index is 5740. The third kappa shape index (κ3) is 18.6. The van der Waals surface area contributed by atoms with Crippen molar-refractivity contribution in [2.24, 2.45) is 0 Å². The van der Waals surface area contributed by atoms with Crippen LogP contribution in [0.25, 0.3) is 120 Å². The highest BCUT2D eigenvalue weighted by Crippen LogP contribution is 2.54. The maximum atomic E-state index is 15.5. The molecule has 0 bridgehead atoms. The molecular weight excluding hydrogens is 1560 g/mol. The van der Waals surface area contributed by atoms with Crippen molar-refractivity contribution in [1.82, 2.24) is 13.7 Å². The maximum Gasteiger partial charge on any atom is 0.214 e. The summed E-state index contributed by atoms with van der Waals surface area (Å²) in [6.07, 6.45) is 49.9. The van der Waals surface area contributed by atoms with Crippen LogP contribution in [0.5, 0.6) is 11.5 Å². The Kier molecular flexibility index (Phi) is 30.4. The molecule has 2 aliphatic rings. The number of unbranched alkanes of at least 4 members (excludes halogenated alkanes) is 28. The third-order valence-electron chi connectivity index (χ3n) is 25.2. The quantitative estimate of drug-likeness (QED) is 0.0234. The molecule has 4 aromatic carbocycles. The predicted molar refractivity (Wildman–Crippen MR) is 520 cm³/mol. The van der Waals surface area contributed by atoms with Crippen molar-refractivity contribution in [3.63, 3.8) is 0 Å². The SMILES string of the molecule is CCCCCCCCn1/c(=C/C2=C(O)C(=C\C3=[N+](CCCCCCCC)c4ccc(-c5cc(OCCCCCC)c(-c6cc7c(s6)c6sc(CCCCCC)cc6n7CCCCCC)s5)c5cccc3c45)/C2=O)c2cccc3c(-c4cc(OCCCCCC)c(-c5cc6c(s5)c5sc(CCCCCC)cc5n6CCCCCC)s4)ccc1c32. The van der Waals surface area contributed by atoms with Gasteiger partial charge in [0.1, 0.15) is 23.8 Å². The van der Waals surface area contributed by atoms with E-state index in [0.717, 1.165) is 124 Å². The Balaban J connectivity index is 0.796. The van der Waals surface area contributed by atoms with Crippen molar-refractivity contribution >= 4 is 165 Å². The molecule has 0 fully saturated rings. The van der Waals surface area contributed by atoms with Crippen LogP contribution in [0.1, 0.15) is 302 Å². The van der Waals surface area contributed by atoms with Gasteiger partial charge in [0.15, 0.2) is 0 Å². The second kappa shape index (κ2) is 41.7. The fourth-order valence-corrected chi connectivity index (χ4v) is 26.2. The molecule has 15 rings (SSSR count). The van der Waals surface area contributed by atoms with Gasteiger partial charge in [0, 0.05) is 84.9 Å². The van der Waals surface area contributed by atoms with Crippen molar-refractivity contribution in [2.75, 3.05) is 19.8 Å². The summed E-state index contributed by atoms with van der Waals surface area (Å²) in [6, 6.07) is 37.7. The van der Waals surface area contributed by atoms with E-state index in [-0.39, 0.29) is 11.5 Å². The van der Waals surface area contributed by atoms with E-state index in [9.17, 15) is 5.11 Å². The number of benzene rings is 4. The van der Waals surface area contributed by atoms with E-state index in [0.29, 0.717) is 24.4 Å². The number of hydrogen-bond donors (Lipinski definition) is 1. The molecule has 0 atom stereocenters. The number of nitrogens with zero attached hydrogens (tertiary/aromatic N) is 4. The summed E-state index contributed by atoms with van der Waals surface area (Å²) >= 11 is 11.8. The number of carbonyl (C=O) groups is 1. The van der Waals surface area contributed by atoms with Gasteiger partial charge in [-0.25, -0.2) is 0 Å². The van der Waals surface area contributed by atoms with Crippen LogP contribution in [0.2, 0.25) is 0 Å². The smallest absolute Gasteiger partial charge is 0.214 e. The van der Waals surface area contributed by atoms with Gasteiger partial charge in [0.25, 0.3) is 0 Å². The molecule has 0 spiro atoms. The zero-order valence-corrected chi connectivity index (χ0v) is 77.3. The van der Waals surface area contributed by atoms with Gasteiger partial charge in [-0.1, -0.05) is 265 Å². The highest BCUT2D eigenvalue weighted by Gasteiger charge is 2.39. The highest BCUT2D eigenvalue weighted by molar-refractivity contribution is 7.32. The van der Waals surface area contributed by atoms with E-state index >= 15 is 4.79 Å². The van der Waals surface area contributed by atoms with Crippen molar-refractivity contribution in [1.29, 1.82) is 0 Å². The summed E-state index contributed by atoms with van der Waals surface area (Å²) in [6.45, 7) is 23.5. The first-order chi connectivity index (χ1) is 58.1. The van der Waals surface area contributed by atoms with Crippen LogP contribution in [0.3, 0.4) is 0 Å². The highest BCUT2D eigenvalue weighted by atomic mass is 32.1. The summed E-state index contributed by atoms with van der Waals surface area (Å²) in [4.78, 5) is 25.9. The van der Waals surface area contributed by atoms with Crippen LogP contribution in [-0.2, 0) is 37.3 Å². The van der Waals surface area contributed by atoms with Gasteiger partial charge in [-0.3, -0.25) is 4.79 Å². The lowest BCUT2D eigenvalue weighted by atomic mass is 9.86. The number of carbonyl (C=O) groups excluding carboxylic acids is 1. The molecule has 0 radical (unpaired) electrons. The minimum atomic E-state index is -0.111. The maximum absolute atomic E-state index is 15.5. The van der Waals surface area contributed by atoms with Crippen LogP contribution in [0.15, 0.2) is 120 Å². The molecular formula is C104H131N4O4S6+. The lowest BCUT2D eigenvalue weighted by Gasteiger charge is -2.18. The van der Waals surface area contributed by atoms with Crippen LogP contribution in [-0.4, -0.2) is 54.6 Å². The lowest BCUT2D eigenvalue weighted by Crippen LogP contribution is -2.26. The van der Waals surface area contributed by atoms with Gasteiger partial charge in [-0.2, -0.15) is 4.58 Å². The van der Waals surface area contributed by atoms with E-state index in [1.54, 1.807) is 0 Å². The first-order valence-corrected chi connectivity index (χ1v) is 51.6. The molecule has 0 unspecified atom stereocenters. The first-order valence-electron chi connectivity index (χ1n) is 46.7. The van der Waals surface area contributed by atoms with Crippen LogP contribution in [0, 0.1) is 0 Å². The molecule has 1 N–H and O–H groups in total. The number of aliphatic hydroxyl groups excluding tert-OH is 1. The molecule has 0 saturated heterocycles. The van der Waals surface area contributed by atoms with Crippen LogP contribution < -0.4 is 14.8 Å². The molecule has 10 heterocycles. The standard InChI is InChI=1S/C104H130N4O4S6/c1-9-17-25-33-35-41-57-105-81-55-53-73(91-69-89(111-61-43-31-23-15-7)103(115-91)93-67-87-101(117-93)99-85(107(87)59-39-29-21-13-5)63-71(113-99)47-37-27-19-11-3)75-49-45-51-77(95(75)81)83(105)65-79-97(109)80(98(79)110)66-84-78-52-46-50-76-74(54-56-82(96(76)78)106(84)58-42-36-34-26-18-10-2)92-70-90(112-62-44-32-24-16-8)104(116-92)94-68-88-102(118-94)100-86(108(88)60-40-30-22-14-6)64-72(114-100)48-38-28-20-12-4/h45-46,49-56,63-70H,9-44,47-48,57-62H2,1-8H3/p+1. The third-order valence-corrected chi connectivity index (χ3v) is 32.8. The average molecular weight is 1690 g/mol. The van der Waals surface area contributed by atoms with E-state index in [1.165, 1.54) is 304 Å². The van der Waals surface area contributed by atoms with Gasteiger partial charge in [0.2, 0.25) is 17.2 Å². The monoisotopic (exact) mass is 1690 g/mol. The van der Waals surface area contributed by atoms with Crippen molar-refractivity contribution in [3.05, 3.63) is 141 Å². The molecule has 13 aromatic rings. The average Bonchev–Trinajstić information content (AvgIpc) is 1.57. The fourth-order valence-electron chi connectivity index (χ4n) is 18.6. The molecule has 14 heteroatoms. The van der Waals surface area contributed by atoms with Gasteiger partial charge in [0.05, 0.1) is 95.7 Å². The van der Waals surface area contributed by atoms with Crippen molar-refractivity contribution in [3.8, 4) is 51.9 Å². The molecule has 1 aliphatic heterocycles. The Morgan fingerprint density at radius 2 is 0.797 bits per heavy atom. The Morgan fingerprint density at radius 1 is 0.373 bits per heavy atom. The van der Waals surface area contributed by atoms with Gasteiger partial charge >= 0.3 is 0 Å². The molecule has 0 amide bonds. The number of thiophene rings is 6. The number of ketones is 1. The summed E-state index contributed by atoms with van der Waals surface area (Å²) in [5.41, 5.74) is 13.2. The number of fused-ring (bicyclic) bond motifs is 6. The van der Waals surface area contributed by atoms with E-state index in [2.05, 4.69) is 171 Å². The summed E-state index contributed by atoms with van der Waals surface area (Å²) in [5, 5.41) is 19.7. The second-order valence-electron chi connectivity index (χ2n) is 34.1. The van der Waals surface area contributed by atoms with Crippen LogP contribution >= 0.6 is 68.0 Å². The number of Topliss-reactive ketones (excluding diaryl/α,β-unsaturated/α-hetero) is 1. The number of aliphatic hydroxyl groups is 1. The number of hydrogen-bond acceptors (Lipinski definition) is 10. The zero-order valence-electron chi connectivity index (χ0n) is 72.4. The number of aromatic nitrogens is 3. The van der Waals surface area contributed by atoms with E-state index < -0.39 is 0 Å². The Morgan fingerprint density at radius 3 is 1.31 bits per heavy atom. The van der Waals surface area contributed by atoms with Gasteiger partial charge < -0.3 is 28.3 Å². The molecule has 9 aromatic heterocycles. The number of rotatable bonds is 52. The number of aryl methyl sites for hydroxylation is 5. The molecule has 626 valence electrons. The molecule has 8 nitrogen and oxygen atoms in total. The van der Waals surface area contributed by atoms with Crippen molar-refractivity contribution in [2.45, 2.75) is 319 Å². The van der Waals surface area contributed by atoms with Crippen LogP contribution in [0.4, 0.5) is 5.69 Å². The predicted octanol–water partition coefficient (Wildman–Crippen LogP) is 33.2. The second-order valence-corrected chi connectivity index (χ2v) is 40.6. The van der Waals surface area contributed by atoms with E-state index in [1.807, 2.05) is 80.2 Å². The largest absolute Gasteiger partial charge is 0.506 e. The lowest BCUT2D eigenvalue weighted by molar-refractivity contribution is -0.436. The Hall–Kier alpha value is -7.04. The Labute approximate surface area is 727 Å². The van der Waals surface area contributed by atoms with E-state index in [4.69, 9.17) is 9.47 Å². The topological polar surface area (TPSA) is 73.6 Å². The first kappa shape index (κ1) is 85.9.